The lowest BCUT2D eigenvalue weighted by molar-refractivity contribution is 0.0342. The lowest BCUT2D eigenvalue weighted by atomic mass is 10.0. The Hall–Kier alpha value is -2.70. The molecule has 1 saturated heterocycles. The molecule has 0 saturated carbocycles. The number of hydrogen-bond donors (Lipinski definition) is 2. The van der Waals surface area contributed by atoms with Crippen LogP contribution in [0.5, 0.6) is 0 Å². The Morgan fingerprint density at radius 2 is 2.04 bits per heavy atom. The second-order valence-electron chi connectivity index (χ2n) is 7.00. The van der Waals surface area contributed by atoms with Gasteiger partial charge in [0, 0.05) is 31.2 Å². The highest BCUT2D eigenvalue weighted by molar-refractivity contribution is 5.96. The van der Waals surface area contributed by atoms with Crippen LogP contribution in [0.1, 0.15) is 17.3 Å². The summed E-state index contributed by atoms with van der Waals surface area (Å²) in [6.07, 6.45) is 1.69. The fourth-order valence-corrected chi connectivity index (χ4v) is 3.48. The molecular weight excluding hydrogens is 340 g/mol. The minimum Gasteiger partial charge on any atom is -0.379 e. The van der Waals surface area contributed by atoms with Crippen LogP contribution in [0.25, 0.3) is 22.2 Å². The van der Waals surface area contributed by atoms with Crippen LogP contribution >= 0.6 is 0 Å². The maximum absolute atomic E-state index is 12.7. The zero-order chi connectivity index (χ0) is 18.6. The van der Waals surface area contributed by atoms with Gasteiger partial charge >= 0.3 is 0 Å². The number of amides is 1. The fraction of sp³-hybridized carbons (Fsp3) is 0.333. The lowest BCUT2D eigenvalue weighted by Gasteiger charge is -2.29. The average Bonchev–Trinajstić information content (AvgIpc) is 3.16. The molecule has 6 heteroatoms. The van der Waals surface area contributed by atoms with Crippen LogP contribution in [0.2, 0.25) is 0 Å². The van der Waals surface area contributed by atoms with Crippen molar-refractivity contribution >= 4 is 16.9 Å². The number of carbonyl (C=O) groups excluding carboxylic acids is 1. The maximum atomic E-state index is 12.7. The molecule has 1 aromatic heterocycles. The molecular formula is C21H24N4O2. The number of fused-ring (bicyclic) bond motifs is 1. The van der Waals surface area contributed by atoms with Crippen LogP contribution in [0, 0.1) is 0 Å². The molecule has 1 aliphatic heterocycles. The van der Waals surface area contributed by atoms with Gasteiger partial charge in [-0.3, -0.25) is 9.69 Å². The second kappa shape index (κ2) is 7.90. The SMILES string of the molecule is C[C@@H](CN1CCOCC1)NC(=O)c1cccc(-c2ccc3nc[nH]c3c2)c1. The first-order chi connectivity index (χ1) is 13.2. The van der Waals surface area contributed by atoms with Gasteiger partial charge in [-0.1, -0.05) is 18.2 Å². The Kier molecular flexibility index (Phi) is 5.18. The number of hydrogen-bond acceptors (Lipinski definition) is 4. The van der Waals surface area contributed by atoms with E-state index in [0.717, 1.165) is 55.0 Å². The van der Waals surface area contributed by atoms with Gasteiger partial charge in [0.15, 0.2) is 0 Å². The number of aromatic amines is 1. The molecule has 0 radical (unpaired) electrons. The number of ether oxygens (including phenoxy) is 1. The van der Waals surface area contributed by atoms with E-state index in [4.69, 9.17) is 4.74 Å². The Balaban J connectivity index is 1.45. The van der Waals surface area contributed by atoms with Crippen LogP contribution in [0.4, 0.5) is 0 Å². The van der Waals surface area contributed by atoms with Gasteiger partial charge in [-0.2, -0.15) is 0 Å². The molecule has 3 aromatic rings. The molecule has 1 atom stereocenters. The average molecular weight is 364 g/mol. The van der Waals surface area contributed by atoms with Gasteiger partial charge in [-0.15, -0.1) is 0 Å². The second-order valence-corrected chi connectivity index (χ2v) is 7.00. The number of rotatable bonds is 5. The monoisotopic (exact) mass is 364 g/mol. The van der Waals surface area contributed by atoms with Crippen molar-refractivity contribution in [3.05, 3.63) is 54.4 Å². The molecule has 27 heavy (non-hydrogen) atoms. The number of nitrogens with zero attached hydrogens (tertiary/aromatic N) is 2. The Morgan fingerprint density at radius 1 is 1.22 bits per heavy atom. The molecule has 4 rings (SSSR count). The first kappa shape index (κ1) is 17.7. The smallest absolute Gasteiger partial charge is 0.251 e. The highest BCUT2D eigenvalue weighted by Crippen LogP contribution is 2.23. The molecule has 2 N–H and O–H groups in total. The summed E-state index contributed by atoms with van der Waals surface area (Å²) in [5.74, 6) is -0.0415. The summed E-state index contributed by atoms with van der Waals surface area (Å²) in [6.45, 7) is 6.26. The van der Waals surface area contributed by atoms with Gasteiger partial charge in [0.2, 0.25) is 0 Å². The third-order valence-electron chi connectivity index (χ3n) is 4.89. The zero-order valence-corrected chi connectivity index (χ0v) is 15.4. The van der Waals surface area contributed by atoms with Crippen LogP contribution in [0.3, 0.4) is 0 Å². The molecule has 0 spiro atoms. The molecule has 1 aliphatic rings. The fourth-order valence-electron chi connectivity index (χ4n) is 3.48. The predicted molar refractivity (Wildman–Crippen MR) is 106 cm³/mol. The molecule has 2 heterocycles. The summed E-state index contributed by atoms with van der Waals surface area (Å²) in [5.41, 5.74) is 4.67. The molecule has 1 fully saturated rings. The van der Waals surface area contributed by atoms with Crippen LogP contribution < -0.4 is 5.32 Å². The van der Waals surface area contributed by atoms with Gasteiger partial charge in [0.25, 0.3) is 5.91 Å². The van der Waals surface area contributed by atoms with Gasteiger partial charge in [-0.25, -0.2) is 4.98 Å². The highest BCUT2D eigenvalue weighted by Gasteiger charge is 2.16. The van der Waals surface area contributed by atoms with Crippen molar-refractivity contribution in [1.82, 2.24) is 20.2 Å². The summed E-state index contributed by atoms with van der Waals surface area (Å²) in [5, 5.41) is 3.11. The quantitative estimate of drug-likeness (QED) is 0.730. The topological polar surface area (TPSA) is 70.2 Å². The third kappa shape index (κ3) is 4.18. The summed E-state index contributed by atoms with van der Waals surface area (Å²) in [6, 6.07) is 13.9. The maximum Gasteiger partial charge on any atom is 0.251 e. The first-order valence-corrected chi connectivity index (χ1v) is 9.33. The normalized spacial score (nSPS) is 16.3. The van der Waals surface area contributed by atoms with Gasteiger partial charge < -0.3 is 15.0 Å². The van der Waals surface area contributed by atoms with E-state index in [9.17, 15) is 4.79 Å². The van der Waals surface area contributed by atoms with Gasteiger partial charge in [0.1, 0.15) is 0 Å². The number of carbonyl (C=O) groups is 1. The summed E-state index contributed by atoms with van der Waals surface area (Å²) < 4.78 is 5.37. The van der Waals surface area contributed by atoms with Crippen molar-refractivity contribution in [2.45, 2.75) is 13.0 Å². The van der Waals surface area contributed by atoms with Gasteiger partial charge in [-0.05, 0) is 42.3 Å². The zero-order valence-electron chi connectivity index (χ0n) is 15.4. The molecule has 0 aliphatic carbocycles. The summed E-state index contributed by atoms with van der Waals surface area (Å²) >= 11 is 0. The van der Waals surface area contributed by atoms with Crippen molar-refractivity contribution in [2.24, 2.45) is 0 Å². The van der Waals surface area contributed by atoms with Crippen molar-refractivity contribution in [3.8, 4) is 11.1 Å². The molecule has 1 amide bonds. The largest absolute Gasteiger partial charge is 0.379 e. The number of imidazole rings is 1. The molecule has 6 nitrogen and oxygen atoms in total. The number of morpholine rings is 1. The number of benzene rings is 2. The molecule has 140 valence electrons. The highest BCUT2D eigenvalue weighted by atomic mass is 16.5. The van der Waals surface area contributed by atoms with Crippen molar-refractivity contribution in [1.29, 1.82) is 0 Å². The van der Waals surface area contributed by atoms with E-state index in [1.54, 1.807) is 6.33 Å². The van der Waals surface area contributed by atoms with E-state index >= 15 is 0 Å². The van der Waals surface area contributed by atoms with Crippen LogP contribution in [0.15, 0.2) is 48.8 Å². The van der Waals surface area contributed by atoms with E-state index in [-0.39, 0.29) is 11.9 Å². The van der Waals surface area contributed by atoms with Crippen molar-refractivity contribution in [2.75, 3.05) is 32.8 Å². The predicted octanol–water partition coefficient (Wildman–Crippen LogP) is 2.68. The Labute approximate surface area is 158 Å². The van der Waals surface area contributed by atoms with Crippen LogP contribution in [-0.2, 0) is 4.74 Å². The number of H-pyrrole nitrogens is 1. The van der Waals surface area contributed by atoms with Crippen molar-refractivity contribution in [3.63, 3.8) is 0 Å². The molecule has 0 bridgehead atoms. The van der Waals surface area contributed by atoms with E-state index in [1.165, 1.54) is 0 Å². The minimum absolute atomic E-state index is 0.0415. The number of nitrogens with one attached hydrogen (secondary N) is 2. The molecule has 0 unspecified atom stereocenters. The van der Waals surface area contributed by atoms with E-state index in [0.29, 0.717) is 5.56 Å². The lowest BCUT2D eigenvalue weighted by Crippen LogP contribution is -2.46. The Morgan fingerprint density at radius 3 is 2.89 bits per heavy atom. The number of aromatic nitrogens is 2. The minimum atomic E-state index is -0.0415. The summed E-state index contributed by atoms with van der Waals surface area (Å²) in [7, 11) is 0. The third-order valence-corrected chi connectivity index (χ3v) is 4.89. The van der Waals surface area contributed by atoms with E-state index in [1.807, 2.05) is 43.3 Å². The van der Waals surface area contributed by atoms with E-state index < -0.39 is 0 Å². The summed E-state index contributed by atoms with van der Waals surface area (Å²) in [4.78, 5) is 22.4. The standard InChI is InChI=1S/C21H24N4O2/c1-15(13-25-7-9-27-10-8-25)24-21(26)18-4-2-3-16(11-18)17-5-6-19-20(12-17)23-14-22-19/h2-6,11-12,14-15H,7-10,13H2,1H3,(H,22,23)(H,24,26)/t15-/m0/s1. The van der Waals surface area contributed by atoms with Crippen LogP contribution in [-0.4, -0.2) is 59.7 Å². The van der Waals surface area contributed by atoms with Gasteiger partial charge in [0.05, 0.1) is 30.6 Å². The Bertz CT molecular complexity index is 931. The van der Waals surface area contributed by atoms with E-state index in [2.05, 4.69) is 26.3 Å². The van der Waals surface area contributed by atoms with Crippen molar-refractivity contribution < 1.29 is 9.53 Å². The first-order valence-electron chi connectivity index (χ1n) is 9.33. The molecule has 2 aromatic carbocycles.